The smallest absolute Gasteiger partial charge is 0.135 e. The Hall–Kier alpha value is -1.12. The van der Waals surface area contributed by atoms with Gasteiger partial charge >= 0.3 is 0 Å². The standard InChI is InChI=1S/C12H19N3/c1-9(2)15-6-4-5-10(3)11-7-13-8-14-12(11)15/h7-10H,4-6H2,1-3H3. The van der Waals surface area contributed by atoms with Crippen LogP contribution in [0, 0.1) is 0 Å². The van der Waals surface area contributed by atoms with Gasteiger partial charge in [0.2, 0.25) is 0 Å². The molecule has 0 radical (unpaired) electrons. The van der Waals surface area contributed by atoms with Crippen molar-refractivity contribution < 1.29 is 0 Å². The van der Waals surface area contributed by atoms with Gasteiger partial charge in [0.25, 0.3) is 0 Å². The molecule has 0 saturated carbocycles. The predicted octanol–water partition coefficient (Wildman–Crippen LogP) is 2.59. The van der Waals surface area contributed by atoms with Gasteiger partial charge < -0.3 is 4.90 Å². The third kappa shape index (κ3) is 1.96. The van der Waals surface area contributed by atoms with Crippen molar-refractivity contribution in [1.82, 2.24) is 9.97 Å². The number of hydrogen-bond donors (Lipinski definition) is 0. The second-order valence-corrected chi connectivity index (χ2v) is 4.63. The molecule has 1 unspecified atom stereocenters. The maximum atomic E-state index is 4.45. The molecule has 3 heteroatoms. The van der Waals surface area contributed by atoms with E-state index in [1.807, 2.05) is 6.20 Å². The summed E-state index contributed by atoms with van der Waals surface area (Å²) in [6, 6.07) is 0.518. The highest BCUT2D eigenvalue weighted by Crippen LogP contribution is 2.32. The molecular formula is C12H19N3. The van der Waals surface area contributed by atoms with Crippen molar-refractivity contribution in [3.8, 4) is 0 Å². The summed E-state index contributed by atoms with van der Waals surface area (Å²) in [5, 5.41) is 0. The lowest BCUT2D eigenvalue weighted by atomic mass is 9.99. The van der Waals surface area contributed by atoms with Gasteiger partial charge in [-0.1, -0.05) is 6.92 Å². The maximum Gasteiger partial charge on any atom is 0.135 e. The van der Waals surface area contributed by atoms with Gasteiger partial charge in [-0.05, 0) is 32.6 Å². The first-order chi connectivity index (χ1) is 7.20. The predicted molar refractivity (Wildman–Crippen MR) is 62.2 cm³/mol. The van der Waals surface area contributed by atoms with Crippen molar-refractivity contribution in [2.45, 2.75) is 45.6 Å². The Kier molecular flexibility index (Phi) is 2.89. The molecule has 0 bridgehead atoms. The Bertz CT molecular complexity index is 335. The highest BCUT2D eigenvalue weighted by Gasteiger charge is 2.22. The summed E-state index contributed by atoms with van der Waals surface area (Å²) in [6.07, 6.45) is 6.12. The first-order valence-corrected chi connectivity index (χ1v) is 5.76. The summed E-state index contributed by atoms with van der Waals surface area (Å²) in [6.45, 7) is 7.84. The molecule has 2 rings (SSSR count). The van der Waals surface area contributed by atoms with Crippen LogP contribution in [0.25, 0.3) is 0 Å². The summed E-state index contributed by atoms with van der Waals surface area (Å²) in [7, 11) is 0. The quantitative estimate of drug-likeness (QED) is 0.705. The zero-order valence-corrected chi connectivity index (χ0v) is 9.77. The van der Waals surface area contributed by atoms with Gasteiger partial charge in [0, 0.05) is 24.3 Å². The van der Waals surface area contributed by atoms with E-state index in [1.165, 1.54) is 18.4 Å². The SMILES string of the molecule is CC1CCCN(C(C)C)c2ncncc21. The highest BCUT2D eigenvalue weighted by molar-refractivity contribution is 5.48. The fraction of sp³-hybridized carbons (Fsp3) is 0.667. The number of rotatable bonds is 1. The molecule has 0 amide bonds. The fourth-order valence-electron chi connectivity index (χ4n) is 2.25. The topological polar surface area (TPSA) is 29.0 Å². The molecular weight excluding hydrogens is 186 g/mol. The monoisotopic (exact) mass is 205 g/mol. The molecule has 0 saturated heterocycles. The van der Waals surface area contributed by atoms with Crippen LogP contribution < -0.4 is 4.90 Å². The van der Waals surface area contributed by atoms with Gasteiger partial charge in [-0.15, -0.1) is 0 Å². The molecule has 1 atom stereocenters. The van der Waals surface area contributed by atoms with Crippen LogP contribution in [-0.2, 0) is 0 Å². The van der Waals surface area contributed by atoms with E-state index >= 15 is 0 Å². The lowest BCUT2D eigenvalue weighted by Gasteiger charge is -2.27. The molecule has 0 fully saturated rings. The molecule has 0 spiro atoms. The van der Waals surface area contributed by atoms with E-state index in [9.17, 15) is 0 Å². The Labute approximate surface area is 91.5 Å². The van der Waals surface area contributed by atoms with Gasteiger partial charge in [0.15, 0.2) is 0 Å². The Morgan fingerprint density at radius 2 is 2.27 bits per heavy atom. The minimum absolute atomic E-state index is 0.518. The Morgan fingerprint density at radius 3 is 3.00 bits per heavy atom. The Morgan fingerprint density at radius 1 is 1.47 bits per heavy atom. The second-order valence-electron chi connectivity index (χ2n) is 4.63. The van der Waals surface area contributed by atoms with Crippen LogP contribution in [-0.4, -0.2) is 22.6 Å². The summed E-state index contributed by atoms with van der Waals surface area (Å²) >= 11 is 0. The van der Waals surface area contributed by atoms with Crippen molar-refractivity contribution in [3.63, 3.8) is 0 Å². The largest absolute Gasteiger partial charge is 0.354 e. The highest BCUT2D eigenvalue weighted by atomic mass is 15.2. The Balaban J connectivity index is 2.43. The minimum atomic E-state index is 0.518. The van der Waals surface area contributed by atoms with Crippen molar-refractivity contribution in [2.75, 3.05) is 11.4 Å². The zero-order chi connectivity index (χ0) is 10.8. The number of hydrogen-bond acceptors (Lipinski definition) is 3. The van der Waals surface area contributed by atoms with E-state index in [0.29, 0.717) is 12.0 Å². The maximum absolute atomic E-state index is 4.45. The first kappa shape index (κ1) is 10.4. The molecule has 0 N–H and O–H groups in total. The number of anilines is 1. The van der Waals surface area contributed by atoms with E-state index < -0.39 is 0 Å². The summed E-state index contributed by atoms with van der Waals surface area (Å²) in [5.41, 5.74) is 1.31. The van der Waals surface area contributed by atoms with E-state index in [0.717, 1.165) is 12.4 Å². The van der Waals surface area contributed by atoms with Crippen LogP contribution >= 0.6 is 0 Å². The van der Waals surface area contributed by atoms with Crippen LogP contribution in [0.3, 0.4) is 0 Å². The second kappa shape index (κ2) is 4.17. The minimum Gasteiger partial charge on any atom is -0.354 e. The molecule has 1 aliphatic heterocycles. The summed E-state index contributed by atoms with van der Waals surface area (Å²) in [5.74, 6) is 1.73. The molecule has 1 aromatic heterocycles. The number of nitrogens with zero attached hydrogens (tertiary/aromatic N) is 3. The molecule has 2 heterocycles. The molecule has 1 aliphatic rings. The van der Waals surface area contributed by atoms with Gasteiger partial charge in [-0.3, -0.25) is 0 Å². The van der Waals surface area contributed by atoms with Crippen LogP contribution in [0.2, 0.25) is 0 Å². The van der Waals surface area contributed by atoms with Crippen LogP contribution in [0.5, 0.6) is 0 Å². The average Bonchev–Trinajstić information content (AvgIpc) is 2.39. The summed E-state index contributed by atoms with van der Waals surface area (Å²) < 4.78 is 0. The van der Waals surface area contributed by atoms with Crippen molar-refractivity contribution in [1.29, 1.82) is 0 Å². The van der Waals surface area contributed by atoms with Crippen LogP contribution in [0.1, 0.15) is 45.1 Å². The molecule has 1 aromatic rings. The molecule has 3 nitrogen and oxygen atoms in total. The van der Waals surface area contributed by atoms with E-state index in [2.05, 4.69) is 35.6 Å². The van der Waals surface area contributed by atoms with Gasteiger partial charge in [-0.25, -0.2) is 9.97 Å². The van der Waals surface area contributed by atoms with Crippen molar-refractivity contribution >= 4 is 5.82 Å². The average molecular weight is 205 g/mol. The normalized spacial score (nSPS) is 21.3. The van der Waals surface area contributed by atoms with E-state index in [-0.39, 0.29) is 0 Å². The lowest BCUT2D eigenvalue weighted by Crippen LogP contribution is -2.32. The third-order valence-electron chi connectivity index (χ3n) is 3.18. The third-order valence-corrected chi connectivity index (χ3v) is 3.18. The number of aromatic nitrogens is 2. The van der Waals surface area contributed by atoms with Gasteiger partial charge in [0.05, 0.1) is 0 Å². The van der Waals surface area contributed by atoms with Crippen LogP contribution in [0.15, 0.2) is 12.5 Å². The molecule has 0 aromatic carbocycles. The number of fused-ring (bicyclic) bond motifs is 1. The van der Waals surface area contributed by atoms with Gasteiger partial charge in [-0.2, -0.15) is 0 Å². The van der Waals surface area contributed by atoms with Crippen molar-refractivity contribution in [3.05, 3.63) is 18.1 Å². The molecule has 0 aliphatic carbocycles. The van der Waals surface area contributed by atoms with E-state index in [4.69, 9.17) is 0 Å². The van der Waals surface area contributed by atoms with E-state index in [1.54, 1.807) is 6.33 Å². The summed E-state index contributed by atoms with van der Waals surface area (Å²) in [4.78, 5) is 11.0. The zero-order valence-electron chi connectivity index (χ0n) is 9.77. The molecule has 15 heavy (non-hydrogen) atoms. The van der Waals surface area contributed by atoms with Gasteiger partial charge in [0.1, 0.15) is 12.1 Å². The fourth-order valence-corrected chi connectivity index (χ4v) is 2.25. The van der Waals surface area contributed by atoms with Crippen LogP contribution in [0.4, 0.5) is 5.82 Å². The molecule has 82 valence electrons. The van der Waals surface area contributed by atoms with Crippen molar-refractivity contribution in [2.24, 2.45) is 0 Å². The lowest BCUT2D eigenvalue weighted by molar-refractivity contribution is 0.619. The first-order valence-electron chi connectivity index (χ1n) is 5.76.